The van der Waals surface area contributed by atoms with Crippen molar-refractivity contribution in [2.45, 2.75) is 39.3 Å². The van der Waals surface area contributed by atoms with Gasteiger partial charge in [0.15, 0.2) is 0 Å². The molecule has 1 aromatic heterocycles. The van der Waals surface area contributed by atoms with Gasteiger partial charge in [0.1, 0.15) is 0 Å². The van der Waals surface area contributed by atoms with Gasteiger partial charge in [-0.2, -0.15) is 0 Å². The number of nitrogens with one attached hydrogen (secondary N) is 1. The SMILES string of the molecule is CCN1CCC(N)C1c1cc(C)[nH]c1C. The van der Waals surface area contributed by atoms with Crippen molar-refractivity contribution < 1.29 is 0 Å². The highest BCUT2D eigenvalue weighted by atomic mass is 15.2. The summed E-state index contributed by atoms with van der Waals surface area (Å²) in [5.41, 5.74) is 10.1. The largest absolute Gasteiger partial charge is 0.362 e. The van der Waals surface area contributed by atoms with Gasteiger partial charge in [-0.1, -0.05) is 6.92 Å². The van der Waals surface area contributed by atoms with Crippen molar-refractivity contribution in [3.05, 3.63) is 23.0 Å². The van der Waals surface area contributed by atoms with Gasteiger partial charge < -0.3 is 10.7 Å². The van der Waals surface area contributed by atoms with E-state index in [1.165, 1.54) is 17.0 Å². The Kier molecular flexibility index (Phi) is 2.85. The fourth-order valence-electron chi connectivity index (χ4n) is 2.72. The third-order valence-corrected chi connectivity index (χ3v) is 3.46. The number of hydrogen-bond donors (Lipinski definition) is 2. The number of likely N-dealkylation sites (N-methyl/N-ethyl adjacent to an activating group) is 1. The van der Waals surface area contributed by atoms with Crippen molar-refractivity contribution in [1.82, 2.24) is 9.88 Å². The molecule has 1 aliphatic rings. The van der Waals surface area contributed by atoms with E-state index >= 15 is 0 Å². The second-order valence-electron chi connectivity index (χ2n) is 4.56. The second-order valence-corrected chi connectivity index (χ2v) is 4.56. The lowest BCUT2D eigenvalue weighted by Crippen LogP contribution is -2.31. The van der Waals surface area contributed by atoms with Gasteiger partial charge in [-0.25, -0.2) is 0 Å². The van der Waals surface area contributed by atoms with Crippen LogP contribution in [0.1, 0.15) is 36.3 Å². The Labute approximate surface area is 91.7 Å². The molecule has 0 bridgehead atoms. The number of likely N-dealkylation sites (tertiary alicyclic amines) is 1. The van der Waals surface area contributed by atoms with Crippen molar-refractivity contribution in [2.24, 2.45) is 5.73 Å². The molecular formula is C12H21N3. The fourth-order valence-corrected chi connectivity index (χ4v) is 2.72. The van der Waals surface area contributed by atoms with E-state index in [4.69, 9.17) is 5.73 Å². The van der Waals surface area contributed by atoms with Gasteiger partial charge in [0.2, 0.25) is 0 Å². The Morgan fingerprint density at radius 3 is 2.80 bits per heavy atom. The van der Waals surface area contributed by atoms with E-state index in [0.717, 1.165) is 19.5 Å². The third-order valence-electron chi connectivity index (χ3n) is 3.46. The summed E-state index contributed by atoms with van der Waals surface area (Å²) in [7, 11) is 0. The number of hydrogen-bond acceptors (Lipinski definition) is 2. The quantitative estimate of drug-likeness (QED) is 0.775. The Bertz CT molecular complexity index is 343. The summed E-state index contributed by atoms with van der Waals surface area (Å²) < 4.78 is 0. The van der Waals surface area contributed by atoms with Crippen LogP contribution in [0.2, 0.25) is 0 Å². The van der Waals surface area contributed by atoms with Gasteiger partial charge in [0.25, 0.3) is 0 Å². The van der Waals surface area contributed by atoms with E-state index in [1.807, 2.05) is 0 Å². The summed E-state index contributed by atoms with van der Waals surface area (Å²) in [5.74, 6) is 0. The number of nitrogens with two attached hydrogens (primary N) is 1. The predicted octanol–water partition coefficient (Wildman–Crippen LogP) is 1.73. The number of aromatic nitrogens is 1. The van der Waals surface area contributed by atoms with Gasteiger partial charge in [0, 0.05) is 24.0 Å². The molecule has 0 spiro atoms. The standard InChI is InChI=1S/C12H21N3/c1-4-15-6-5-11(13)12(15)10-7-8(2)14-9(10)3/h7,11-12,14H,4-6,13H2,1-3H3. The van der Waals surface area contributed by atoms with E-state index in [2.05, 4.69) is 36.7 Å². The topological polar surface area (TPSA) is 45.0 Å². The molecule has 84 valence electrons. The maximum atomic E-state index is 6.20. The molecule has 3 heteroatoms. The first kappa shape index (κ1) is 10.7. The maximum Gasteiger partial charge on any atom is 0.0517 e. The molecule has 1 saturated heterocycles. The van der Waals surface area contributed by atoms with E-state index in [0.29, 0.717) is 12.1 Å². The normalized spacial score (nSPS) is 27.5. The van der Waals surface area contributed by atoms with Crippen LogP contribution in [-0.4, -0.2) is 29.0 Å². The Hall–Kier alpha value is -0.800. The number of aromatic amines is 1. The van der Waals surface area contributed by atoms with Crippen LogP contribution < -0.4 is 5.73 Å². The summed E-state index contributed by atoms with van der Waals surface area (Å²) in [4.78, 5) is 5.84. The molecule has 0 aliphatic carbocycles. The molecule has 15 heavy (non-hydrogen) atoms. The first-order chi connectivity index (χ1) is 7.13. The third kappa shape index (κ3) is 1.82. The second kappa shape index (κ2) is 3.99. The van der Waals surface area contributed by atoms with Crippen molar-refractivity contribution >= 4 is 0 Å². The molecular weight excluding hydrogens is 186 g/mol. The van der Waals surface area contributed by atoms with Crippen LogP contribution in [0.3, 0.4) is 0 Å². The van der Waals surface area contributed by atoms with Crippen LogP contribution >= 0.6 is 0 Å². The van der Waals surface area contributed by atoms with Crippen molar-refractivity contribution in [1.29, 1.82) is 0 Å². The molecule has 0 saturated carbocycles. The smallest absolute Gasteiger partial charge is 0.0517 e. The highest BCUT2D eigenvalue weighted by Gasteiger charge is 2.33. The number of nitrogens with zero attached hydrogens (tertiary/aromatic N) is 1. The minimum Gasteiger partial charge on any atom is -0.362 e. The van der Waals surface area contributed by atoms with Crippen molar-refractivity contribution in [2.75, 3.05) is 13.1 Å². The van der Waals surface area contributed by atoms with Gasteiger partial charge in [-0.15, -0.1) is 0 Å². The molecule has 3 nitrogen and oxygen atoms in total. The fraction of sp³-hybridized carbons (Fsp3) is 0.667. The summed E-state index contributed by atoms with van der Waals surface area (Å²) in [5, 5.41) is 0. The summed E-state index contributed by atoms with van der Waals surface area (Å²) in [6.45, 7) is 8.67. The van der Waals surface area contributed by atoms with Crippen molar-refractivity contribution in [3.8, 4) is 0 Å². The van der Waals surface area contributed by atoms with Gasteiger partial charge in [-0.05, 0) is 38.4 Å². The average molecular weight is 207 g/mol. The van der Waals surface area contributed by atoms with Crippen LogP contribution in [0.15, 0.2) is 6.07 Å². The zero-order chi connectivity index (χ0) is 11.0. The minimum absolute atomic E-state index is 0.291. The highest BCUT2D eigenvalue weighted by Crippen LogP contribution is 2.32. The van der Waals surface area contributed by atoms with E-state index in [9.17, 15) is 0 Å². The monoisotopic (exact) mass is 207 g/mol. The molecule has 2 heterocycles. The lowest BCUT2D eigenvalue weighted by molar-refractivity contribution is 0.260. The molecule has 1 fully saturated rings. The summed E-state index contributed by atoms with van der Waals surface area (Å²) in [6.07, 6.45) is 1.11. The molecule has 1 aromatic rings. The molecule has 2 unspecified atom stereocenters. The zero-order valence-electron chi connectivity index (χ0n) is 9.88. The average Bonchev–Trinajstić information content (AvgIpc) is 2.69. The first-order valence-electron chi connectivity index (χ1n) is 5.79. The zero-order valence-corrected chi connectivity index (χ0v) is 9.88. The first-order valence-corrected chi connectivity index (χ1v) is 5.79. The number of H-pyrrole nitrogens is 1. The van der Waals surface area contributed by atoms with Crippen LogP contribution in [-0.2, 0) is 0 Å². The number of aryl methyl sites for hydroxylation is 2. The van der Waals surface area contributed by atoms with Crippen LogP contribution in [0, 0.1) is 13.8 Å². The minimum atomic E-state index is 0.291. The van der Waals surface area contributed by atoms with Crippen LogP contribution in [0.25, 0.3) is 0 Å². The van der Waals surface area contributed by atoms with Gasteiger partial charge in [0.05, 0.1) is 6.04 Å². The van der Waals surface area contributed by atoms with E-state index < -0.39 is 0 Å². The molecule has 0 radical (unpaired) electrons. The van der Waals surface area contributed by atoms with Gasteiger partial charge >= 0.3 is 0 Å². The van der Waals surface area contributed by atoms with E-state index in [-0.39, 0.29) is 0 Å². The summed E-state index contributed by atoms with van der Waals surface area (Å²) in [6, 6.07) is 2.95. The Balaban J connectivity index is 2.31. The molecule has 0 aromatic carbocycles. The molecule has 2 rings (SSSR count). The number of rotatable bonds is 2. The lowest BCUT2D eigenvalue weighted by Gasteiger charge is -2.25. The molecule has 1 aliphatic heterocycles. The van der Waals surface area contributed by atoms with Crippen LogP contribution in [0.5, 0.6) is 0 Å². The molecule has 0 amide bonds. The van der Waals surface area contributed by atoms with Gasteiger partial charge in [-0.3, -0.25) is 4.90 Å². The van der Waals surface area contributed by atoms with Crippen molar-refractivity contribution in [3.63, 3.8) is 0 Å². The Morgan fingerprint density at radius 2 is 2.27 bits per heavy atom. The predicted molar refractivity (Wildman–Crippen MR) is 62.8 cm³/mol. The Morgan fingerprint density at radius 1 is 1.53 bits per heavy atom. The van der Waals surface area contributed by atoms with E-state index in [1.54, 1.807) is 0 Å². The van der Waals surface area contributed by atoms with Crippen LogP contribution in [0.4, 0.5) is 0 Å². The highest BCUT2D eigenvalue weighted by molar-refractivity contribution is 5.30. The lowest BCUT2D eigenvalue weighted by atomic mass is 10.0. The molecule has 2 atom stereocenters. The summed E-state index contributed by atoms with van der Waals surface area (Å²) >= 11 is 0. The molecule has 3 N–H and O–H groups in total. The maximum absolute atomic E-state index is 6.20.